The fourth-order valence-corrected chi connectivity index (χ4v) is 3.54. The summed E-state index contributed by atoms with van der Waals surface area (Å²) in [6.07, 6.45) is 1.92. The number of aliphatic hydroxyl groups excluding tert-OH is 1. The van der Waals surface area contributed by atoms with Crippen molar-refractivity contribution < 1.29 is 17.9 Å². The van der Waals surface area contributed by atoms with Crippen LogP contribution in [0, 0.1) is 5.82 Å². The second kappa shape index (κ2) is 7.56. The summed E-state index contributed by atoms with van der Waals surface area (Å²) in [4.78, 5) is -0.300. The van der Waals surface area contributed by atoms with Crippen molar-refractivity contribution >= 4 is 33.2 Å². The van der Waals surface area contributed by atoms with E-state index in [9.17, 15) is 12.8 Å². The SMILES string of the molecule is CN(CCCCCO)S(=O)(=O)c1ccc(Cl)c(F)c1Cl. The van der Waals surface area contributed by atoms with Crippen molar-refractivity contribution in [3.05, 3.63) is 28.0 Å². The van der Waals surface area contributed by atoms with Crippen LogP contribution in [0.3, 0.4) is 0 Å². The molecule has 1 rings (SSSR count). The summed E-state index contributed by atoms with van der Waals surface area (Å²) in [7, 11) is -2.46. The molecule has 1 N–H and O–H groups in total. The van der Waals surface area contributed by atoms with Gasteiger partial charge in [-0.2, -0.15) is 0 Å². The molecule has 0 spiro atoms. The third kappa shape index (κ3) is 4.05. The monoisotopic (exact) mass is 343 g/mol. The van der Waals surface area contributed by atoms with Gasteiger partial charge in [0.2, 0.25) is 10.0 Å². The fraction of sp³-hybridized carbons (Fsp3) is 0.500. The summed E-state index contributed by atoms with van der Waals surface area (Å²) >= 11 is 11.3. The molecule has 0 saturated heterocycles. The first-order chi connectivity index (χ1) is 9.32. The van der Waals surface area contributed by atoms with Crippen LogP contribution in [0.5, 0.6) is 0 Å². The second-order valence-corrected chi connectivity index (χ2v) is 7.08. The third-order valence-electron chi connectivity index (χ3n) is 2.82. The van der Waals surface area contributed by atoms with Crippen LogP contribution < -0.4 is 0 Å². The van der Waals surface area contributed by atoms with E-state index >= 15 is 0 Å². The van der Waals surface area contributed by atoms with E-state index in [1.165, 1.54) is 13.1 Å². The average molecular weight is 344 g/mol. The first-order valence-electron chi connectivity index (χ1n) is 6.03. The molecule has 0 aliphatic carbocycles. The Kier molecular flexibility index (Phi) is 6.68. The Balaban J connectivity index is 2.91. The van der Waals surface area contributed by atoms with Crippen LogP contribution >= 0.6 is 23.2 Å². The summed E-state index contributed by atoms with van der Waals surface area (Å²) in [5.41, 5.74) is 0. The summed E-state index contributed by atoms with van der Waals surface area (Å²) in [5.74, 6) is -0.942. The maximum atomic E-state index is 13.6. The number of sulfonamides is 1. The molecule has 0 aromatic heterocycles. The van der Waals surface area contributed by atoms with Gasteiger partial charge in [-0.15, -0.1) is 0 Å². The van der Waals surface area contributed by atoms with Crippen LogP contribution in [0.25, 0.3) is 0 Å². The predicted octanol–water partition coefficient (Wildman–Crippen LogP) is 2.92. The molecule has 0 amide bonds. The van der Waals surface area contributed by atoms with Crippen molar-refractivity contribution in [3.8, 4) is 0 Å². The Morgan fingerprint density at radius 3 is 2.50 bits per heavy atom. The van der Waals surface area contributed by atoms with Gasteiger partial charge in [0, 0.05) is 20.2 Å². The van der Waals surface area contributed by atoms with Gasteiger partial charge in [-0.05, 0) is 31.4 Å². The highest BCUT2D eigenvalue weighted by atomic mass is 35.5. The first kappa shape index (κ1) is 17.7. The number of rotatable bonds is 7. The van der Waals surface area contributed by atoms with Crippen molar-refractivity contribution in [1.29, 1.82) is 0 Å². The number of unbranched alkanes of at least 4 members (excludes halogenated alkanes) is 2. The molecule has 0 unspecified atom stereocenters. The number of benzene rings is 1. The van der Waals surface area contributed by atoms with E-state index in [-0.39, 0.29) is 23.1 Å². The van der Waals surface area contributed by atoms with Gasteiger partial charge in [0.1, 0.15) is 4.90 Å². The highest BCUT2D eigenvalue weighted by molar-refractivity contribution is 7.89. The zero-order valence-electron chi connectivity index (χ0n) is 10.9. The van der Waals surface area contributed by atoms with Crippen molar-refractivity contribution in [1.82, 2.24) is 4.31 Å². The lowest BCUT2D eigenvalue weighted by atomic mass is 10.2. The number of hydrogen-bond donors (Lipinski definition) is 1. The minimum absolute atomic E-state index is 0.0741. The van der Waals surface area contributed by atoms with E-state index in [2.05, 4.69) is 0 Å². The van der Waals surface area contributed by atoms with E-state index in [0.29, 0.717) is 19.3 Å². The van der Waals surface area contributed by atoms with Crippen LogP contribution in [0.2, 0.25) is 10.0 Å². The molecule has 0 aliphatic rings. The van der Waals surface area contributed by atoms with E-state index in [4.69, 9.17) is 28.3 Å². The van der Waals surface area contributed by atoms with Crippen LogP contribution in [-0.2, 0) is 10.0 Å². The molecule has 1 aromatic rings. The maximum Gasteiger partial charge on any atom is 0.244 e. The topological polar surface area (TPSA) is 57.6 Å². The van der Waals surface area contributed by atoms with Gasteiger partial charge in [0.15, 0.2) is 5.82 Å². The van der Waals surface area contributed by atoms with Crippen LogP contribution in [0.1, 0.15) is 19.3 Å². The molecule has 0 atom stereocenters. The molecule has 20 heavy (non-hydrogen) atoms. The standard InChI is InChI=1S/C12H16Cl2FNO3S/c1-16(7-3-2-4-8-17)20(18,19)10-6-5-9(13)12(15)11(10)14/h5-6,17H,2-4,7-8H2,1H3. The summed E-state index contributed by atoms with van der Waals surface area (Å²) in [6, 6.07) is 2.35. The normalized spacial score (nSPS) is 12.1. The Morgan fingerprint density at radius 2 is 1.90 bits per heavy atom. The summed E-state index contributed by atoms with van der Waals surface area (Å²) in [6.45, 7) is 0.341. The van der Waals surface area contributed by atoms with Crippen LogP contribution in [0.15, 0.2) is 17.0 Å². The molecular weight excluding hydrogens is 328 g/mol. The number of hydrogen-bond acceptors (Lipinski definition) is 3. The lowest BCUT2D eigenvalue weighted by Gasteiger charge is -2.18. The second-order valence-electron chi connectivity index (χ2n) is 4.28. The quantitative estimate of drug-likeness (QED) is 0.611. The van der Waals surface area contributed by atoms with Crippen molar-refractivity contribution in [2.24, 2.45) is 0 Å². The number of nitrogens with zero attached hydrogens (tertiary/aromatic N) is 1. The van der Waals surface area contributed by atoms with Gasteiger partial charge in [-0.3, -0.25) is 0 Å². The Hall–Kier alpha value is -0.400. The van der Waals surface area contributed by atoms with Crippen molar-refractivity contribution in [2.75, 3.05) is 20.2 Å². The summed E-state index contributed by atoms with van der Waals surface area (Å²) in [5, 5.41) is 7.94. The average Bonchev–Trinajstić information content (AvgIpc) is 2.40. The highest BCUT2D eigenvalue weighted by Gasteiger charge is 2.25. The first-order valence-corrected chi connectivity index (χ1v) is 8.22. The zero-order valence-corrected chi connectivity index (χ0v) is 13.3. The lowest BCUT2D eigenvalue weighted by molar-refractivity contribution is 0.281. The Bertz CT molecular complexity index is 566. The van der Waals surface area contributed by atoms with Gasteiger partial charge < -0.3 is 5.11 Å². The van der Waals surface area contributed by atoms with Gasteiger partial charge >= 0.3 is 0 Å². The number of aliphatic hydroxyl groups is 1. The molecule has 8 heteroatoms. The maximum absolute atomic E-state index is 13.6. The minimum Gasteiger partial charge on any atom is -0.396 e. The smallest absolute Gasteiger partial charge is 0.244 e. The Labute approximate surface area is 128 Å². The lowest BCUT2D eigenvalue weighted by Crippen LogP contribution is -2.28. The molecule has 0 aliphatic heterocycles. The molecule has 1 aromatic carbocycles. The molecular formula is C12H16Cl2FNO3S. The third-order valence-corrected chi connectivity index (χ3v) is 5.49. The zero-order chi connectivity index (χ0) is 15.3. The van der Waals surface area contributed by atoms with Crippen molar-refractivity contribution in [2.45, 2.75) is 24.2 Å². The largest absolute Gasteiger partial charge is 0.396 e. The predicted molar refractivity (Wildman–Crippen MR) is 77.2 cm³/mol. The Morgan fingerprint density at radius 1 is 1.25 bits per heavy atom. The molecule has 0 bridgehead atoms. The van der Waals surface area contributed by atoms with Crippen LogP contribution in [-0.4, -0.2) is 38.0 Å². The van der Waals surface area contributed by atoms with E-state index < -0.39 is 20.9 Å². The van der Waals surface area contributed by atoms with E-state index in [0.717, 1.165) is 10.4 Å². The van der Waals surface area contributed by atoms with Gasteiger partial charge in [0.25, 0.3) is 0 Å². The highest BCUT2D eigenvalue weighted by Crippen LogP contribution is 2.30. The van der Waals surface area contributed by atoms with Gasteiger partial charge in [-0.1, -0.05) is 23.2 Å². The van der Waals surface area contributed by atoms with E-state index in [1.54, 1.807) is 0 Å². The number of halogens is 3. The molecule has 114 valence electrons. The molecule has 0 saturated carbocycles. The fourth-order valence-electron chi connectivity index (χ4n) is 1.62. The van der Waals surface area contributed by atoms with Crippen LogP contribution in [0.4, 0.5) is 4.39 Å². The molecule has 0 heterocycles. The molecule has 0 radical (unpaired) electrons. The van der Waals surface area contributed by atoms with Crippen molar-refractivity contribution in [3.63, 3.8) is 0 Å². The van der Waals surface area contributed by atoms with E-state index in [1.807, 2.05) is 0 Å². The van der Waals surface area contributed by atoms with Gasteiger partial charge in [-0.25, -0.2) is 17.1 Å². The summed E-state index contributed by atoms with van der Waals surface area (Å²) < 4.78 is 39.2. The molecule has 4 nitrogen and oxygen atoms in total. The molecule has 0 fully saturated rings. The van der Waals surface area contributed by atoms with Gasteiger partial charge in [0.05, 0.1) is 10.0 Å². The minimum atomic E-state index is -3.86.